The number of carbonyl (C=O) groups excluding carboxylic acids is 3. The molecule has 1 aliphatic heterocycles. The fourth-order valence-corrected chi connectivity index (χ4v) is 3.69. The fourth-order valence-electron chi connectivity index (χ4n) is 3.69. The molecule has 2 amide bonds. The molecule has 1 aliphatic rings. The molecule has 0 fully saturated rings. The van der Waals surface area contributed by atoms with Crippen LogP contribution in [0.15, 0.2) is 83.7 Å². The van der Waals surface area contributed by atoms with E-state index in [-0.39, 0.29) is 23.1 Å². The SMILES string of the molecule is O=C(COC(=O)c1nn(-c2ccccc2)c(=O)c2ccccc12)NC(=O)C1COc2ccccc2O1. The molecule has 0 saturated heterocycles. The summed E-state index contributed by atoms with van der Waals surface area (Å²) in [5.41, 5.74) is -0.0938. The summed E-state index contributed by atoms with van der Waals surface area (Å²) >= 11 is 0. The number of esters is 1. The third-order valence-electron chi connectivity index (χ3n) is 5.40. The second kappa shape index (κ2) is 9.71. The van der Waals surface area contributed by atoms with Crippen molar-refractivity contribution < 1.29 is 28.6 Å². The van der Waals surface area contributed by atoms with Crippen LogP contribution < -0.4 is 20.3 Å². The molecule has 1 unspecified atom stereocenters. The summed E-state index contributed by atoms with van der Waals surface area (Å²) < 4.78 is 17.3. The Bertz CT molecular complexity index is 1530. The molecule has 180 valence electrons. The number of hydrogen-bond donors (Lipinski definition) is 1. The van der Waals surface area contributed by atoms with Crippen molar-refractivity contribution >= 4 is 28.6 Å². The van der Waals surface area contributed by atoms with Gasteiger partial charge in [-0.1, -0.05) is 48.5 Å². The van der Waals surface area contributed by atoms with Crippen molar-refractivity contribution in [2.75, 3.05) is 13.2 Å². The lowest BCUT2D eigenvalue weighted by Crippen LogP contribution is -2.47. The van der Waals surface area contributed by atoms with E-state index in [1.807, 2.05) is 0 Å². The monoisotopic (exact) mass is 485 g/mol. The Morgan fingerprint density at radius 1 is 0.917 bits per heavy atom. The third-order valence-corrected chi connectivity index (χ3v) is 5.40. The fraction of sp³-hybridized carbons (Fsp3) is 0.115. The van der Waals surface area contributed by atoms with Gasteiger partial charge in [-0.05, 0) is 30.3 Å². The highest BCUT2D eigenvalue weighted by Crippen LogP contribution is 2.30. The van der Waals surface area contributed by atoms with Crippen molar-refractivity contribution in [3.8, 4) is 17.2 Å². The molecule has 5 rings (SSSR count). The van der Waals surface area contributed by atoms with Gasteiger partial charge in [0.05, 0.1) is 11.1 Å². The molecule has 0 aliphatic carbocycles. The van der Waals surface area contributed by atoms with Crippen LogP contribution in [0.5, 0.6) is 11.5 Å². The minimum atomic E-state index is -1.04. The number of aromatic nitrogens is 2. The lowest BCUT2D eigenvalue weighted by molar-refractivity contribution is -0.137. The van der Waals surface area contributed by atoms with Crippen molar-refractivity contribution in [1.82, 2.24) is 15.1 Å². The van der Waals surface area contributed by atoms with Crippen LogP contribution in [0.3, 0.4) is 0 Å². The standard InChI is InChI=1S/C26H19N3O7/c30-22(27-24(31)21-14-34-19-12-6-7-13-20(19)36-21)15-35-26(33)23-17-10-4-5-11-18(17)25(32)29(28-23)16-8-2-1-3-9-16/h1-13,21H,14-15H2,(H,27,30,31). The predicted molar refractivity (Wildman–Crippen MR) is 127 cm³/mol. The van der Waals surface area contributed by atoms with E-state index in [0.29, 0.717) is 17.2 Å². The molecule has 4 aromatic rings. The quantitative estimate of drug-likeness (QED) is 0.426. The zero-order valence-corrected chi connectivity index (χ0v) is 18.7. The van der Waals surface area contributed by atoms with Crippen molar-refractivity contribution in [3.05, 3.63) is 94.9 Å². The average Bonchev–Trinajstić information content (AvgIpc) is 2.92. The predicted octanol–water partition coefficient (Wildman–Crippen LogP) is 2.03. The van der Waals surface area contributed by atoms with Crippen molar-refractivity contribution in [3.63, 3.8) is 0 Å². The van der Waals surface area contributed by atoms with Gasteiger partial charge in [-0.25, -0.2) is 4.79 Å². The Morgan fingerprint density at radius 2 is 1.58 bits per heavy atom. The zero-order valence-electron chi connectivity index (χ0n) is 18.7. The number of hydrogen-bond acceptors (Lipinski definition) is 8. The molecule has 2 heterocycles. The van der Waals surface area contributed by atoms with E-state index in [2.05, 4.69) is 10.4 Å². The second-order valence-corrected chi connectivity index (χ2v) is 7.80. The van der Waals surface area contributed by atoms with E-state index >= 15 is 0 Å². The van der Waals surface area contributed by atoms with Crippen molar-refractivity contribution in [1.29, 1.82) is 0 Å². The van der Waals surface area contributed by atoms with Gasteiger partial charge in [-0.15, -0.1) is 0 Å². The molecule has 0 spiro atoms. The first-order valence-corrected chi connectivity index (χ1v) is 11.0. The molecule has 0 radical (unpaired) electrons. The van der Waals surface area contributed by atoms with Crippen LogP contribution in [-0.2, 0) is 14.3 Å². The van der Waals surface area contributed by atoms with Gasteiger partial charge < -0.3 is 14.2 Å². The number of carbonyl (C=O) groups is 3. The number of rotatable bonds is 5. The molecular formula is C26H19N3O7. The van der Waals surface area contributed by atoms with Crippen LogP contribution in [-0.4, -0.2) is 46.9 Å². The molecule has 1 aromatic heterocycles. The van der Waals surface area contributed by atoms with Crippen LogP contribution in [0.25, 0.3) is 16.5 Å². The molecule has 0 saturated carbocycles. The van der Waals surface area contributed by atoms with Gasteiger partial charge in [0.1, 0.15) is 6.61 Å². The number of benzene rings is 3. The van der Waals surface area contributed by atoms with E-state index in [4.69, 9.17) is 14.2 Å². The minimum Gasteiger partial charge on any atom is -0.485 e. The highest BCUT2D eigenvalue weighted by Gasteiger charge is 2.29. The summed E-state index contributed by atoms with van der Waals surface area (Å²) in [6.45, 7) is -0.817. The Hall–Kier alpha value is -4.99. The Balaban J connectivity index is 1.29. The maximum atomic E-state index is 12.9. The zero-order chi connectivity index (χ0) is 25.1. The van der Waals surface area contributed by atoms with Gasteiger partial charge >= 0.3 is 5.97 Å². The summed E-state index contributed by atoms with van der Waals surface area (Å²) in [7, 11) is 0. The first kappa shape index (κ1) is 22.8. The summed E-state index contributed by atoms with van der Waals surface area (Å²) in [6, 6.07) is 21.9. The number of nitrogens with one attached hydrogen (secondary N) is 1. The Kier molecular flexibility index (Phi) is 6.14. The summed E-state index contributed by atoms with van der Waals surface area (Å²) in [5, 5.41) is 6.88. The number of fused-ring (bicyclic) bond motifs is 2. The van der Waals surface area contributed by atoms with Crippen LogP contribution in [0.1, 0.15) is 10.5 Å². The molecule has 10 heteroatoms. The molecule has 10 nitrogen and oxygen atoms in total. The first-order chi connectivity index (χ1) is 17.5. The number of para-hydroxylation sites is 3. The van der Waals surface area contributed by atoms with E-state index in [1.165, 1.54) is 0 Å². The van der Waals surface area contributed by atoms with Crippen LogP contribution in [0.4, 0.5) is 0 Å². The van der Waals surface area contributed by atoms with Gasteiger partial charge in [-0.2, -0.15) is 9.78 Å². The van der Waals surface area contributed by atoms with Crippen LogP contribution in [0, 0.1) is 0 Å². The Labute approximate surface area is 204 Å². The van der Waals surface area contributed by atoms with E-state index in [0.717, 1.165) is 4.68 Å². The molecule has 0 bridgehead atoms. The molecular weight excluding hydrogens is 466 g/mol. The number of imide groups is 1. The van der Waals surface area contributed by atoms with Gasteiger partial charge in [0, 0.05) is 5.39 Å². The maximum Gasteiger partial charge on any atom is 0.359 e. The lowest BCUT2D eigenvalue weighted by atomic mass is 10.1. The van der Waals surface area contributed by atoms with E-state index < -0.39 is 36.1 Å². The number of nitrogens with zero attached hydrogens (tertiary/aromatic N) is 2. The van der Waals surface area contributed by atoms with Crippen molar-refractivity contribution in [2.45, 2.75) is 6.10 Å². The van der Waals surface area contributed by atoms with Gasteiger partial charge in [-0.3, -0.25) is 19.7 Å². The normalized spacial score (nSPS) is 14.2. The van der Waals surface area contributed by atoms with E-state index in [9.17, 15) is 19.2 Å². The number of ether oxygens (including phenoxy) is 3. The smallest absolute Gasteiger partial charge is 0.359 e. The topological polar surface area (TPSA) is 126 Å². The Morgan fingerprint density at radius 3 is 2.36 bits per heavy atom. The molecule has 1 atom stereocenters. The van der Waals surface area contributed by atoms with Crippen LogP contribution >= 0.6 is 0 Å². The minimum absolute atomic E-state index is 0.0765. The molecule has 1 N–H and O–H groups in total. The second-order valence-electron chi connectivity index (χ2n) is 7.80. The highest BCUT2D eigenvalue weighted by atomic mass is 16.6. The lowest BCUT2D eigenvalue weighted by Gasteiger charge is -2.25. The van der Waals surface area contributed by atoms with Crippen molar-refractivity contribution in [2.24, 2.45) is 0 Å². The molecule has 36 heavy (non-hydrogen) atoms. The van der Waals surface area contributed by atoms with Crippen LogP contribution in [0.2, 0.25) is 0 Å². The molecule has 3 aromatic carbocycles. The highest BCUT2D eigenvalue weighted by molar-refractivity contribution is 6.03. The summed E-state index contributed by atoms with van der Waals surface area (Å²) in [5.74, 6) is -1.62. The third kappa shape index (κ3) is 4.51. The van der Waals surface area contributed by atoms with Gasteiger partial charge in [0.25, 0.3) is 17.4 Å². The van der Waals surface area contributed by atoms with Gasteiger partial charge in [0.2, 0.25) is 6.10 Å². The summed E-state index contributed by atoms with van der Waals surface area (Å²) in [6.07, 6.45) is -1.04. The summed E-state index contributed by atoms with van der Waals surface area (Å²) in [4.78, 5) is 50.5. The van der Waals surface area contributed by atoms with Gasteiger partial charge in [0.15, 0.2) is 23.8 Å². The first-order valence-electron chi connectivity index (χ1n) is 11.0. The largest absolute Gasteiger partial charge is 0.485 e. The van der Waals surface area contributed by atoms with E-state index in [1.54, 1.807) is 78.9 Å². The number of amides is 2. The average molecular weight is 485 g/mol. The maximum absolute atomic E-state index is 12.9.